The van der Waals surface area contributed by atoms with Crippen LogP contribution in [0.1, 0.15) is 27.2 Å². The van der Waals surface area contributed by atoms with Crippen molar-refractivity contribution in [3.05, 3.63) is 29.8 Å². The zero-order valence-corrected chi connectivity index (χ0v) is 12.2. The van der Waals surface area contributed by atoms with Crippen molar-refractivity contribution in [1.82, 2.24) is 0 Å². The minimum absolute atomic E-state index is 0.141. The highest BCUT2D eigenvalue weighted by atomic mass is 32.2. The zero-order valence-electron chi connectivity index (χ0n) is 11.3. The fraction of sp³-hybridized carbons (Fsp3) is 0.500. The van der Waals surface area contributed by atoms with Gasteiger partial charge in [0, 0.05) is 5.25 Å². The maximum Gasteiger partial charge on any atom is 0.182 e. The number of hydrogen-bond donors (Lipinski definition) is 1. The molecule has 0 spiro atoms. The first-order chi connectivity index (χ1) is 8.85. The Morgan fingerprint density at radius 3 is 2.79 bits per heavy atom. The monoisotopic (exact) mass is 284 g/mol. The molecule has 0 fully saturated rings. The molecule has 1 atom stereocenters. The predicted octanol–water partition coefficient (Wildman–Crippen LogP) is 4.28. The van der Waals surface area contributed by atoms with Gasteiger partial charge in [-0.05, 0) is 24.0 Å². The van der Waals surface area contributed by atoms with Gasteiger partial charge in [-0.15, -0.1) is 0 Å². The van der Waals surface area contributed by atoms with Crippen LogP contribution in [-0.4, -0.2) is 17.0 Å². The lowest BCUT2D eigenvalue weighted by Gasteiger charge is -2.21. The Labute approximate surface area is 116 Å². The Balaban J connectivity index is 1.97. The highest BCUT2D eigenvalue weighted by molar-refractivity contribution is 8.15. The van der Waals surface area contributed by atoms with E-state index in [4.69, 9.17) is 0 Å². The van der Waals surface area contributed by atoms with Gasteiger partial charge in [-0.3, -0.25) is 4.99 Å². The third-order valence-corrected chi connectivity index (χ3v) is 3.85. The van der Waals surface area contributed by atoms with Crippen LogP contribution in [0.3, 0.4) is 0 Å². The van der Waals surface area contributed by atoms with Crippen LogP contribution in [0.5, 0.6) is 0 Å². The van der Waals surface area contributed by atoms with E-state index in [1.54, 1.807) is 11.8 Å². The summed E-state index contributed by atoms with van der Waals surface area (Å²) in [6.45, 7) is 7.28. The molecule has 0 saturated heterocycles. The zero-order chi connectivity index (χ0) is 14.0. The first-order valence-electron chi connectivity index (χ1n) is 6.27. The Morgan fingerprint density at radius 2 is 2.11 bits per heavy atom. The number of halogens is 2. The van der Waals surface area contributed by atoms with Gasteiger partial charge < -0.3 is 5.32 Å². The summed E-state index contributed by atoms with van der Waals surface area (Å²) in [5.74, 6) is -1.70. The Bertz CT molecular complexity index is 495. The summed E-state index contributed by atoms with van der Waals surface area (Å²) in [5, 5.41) is 3.93. The number of hydrogen-bond acceptors (Lipinski definition) is 3. The van der Waals surface area contributed by atoms with Crippen molar-refractivity contribution < 1.29 is 8.78 Å². The highest BCUT2D eigenvalue weighted by Gasteiger charge is 2.25. The van der Waals surface area contributed by atoms with E-state index < -0.39 is 11.6 Å². The maximum absolute atomic E-state index is 13.5. The van der Waals surface area contributed by atoms with Crippen LogP contribution >= 0.6 is 11.8 Å². The second-order valence-electron chi connectivity index (χ2n) is 5.88. The van der Waals surface area contributed by atoms with E-state index in [0.717, 1.165) is 19.0 Å². The standard InChI is InChI=1S/C14H18F2N2S/c1-14(2,3)7-9-8-17-13(19-9)18-11-6-4-5-10(15)12(11)16/h4-6,9H,7-8H2,1-3H3,(H,17,18). The van der Waals surface area contributed by atoms with Crippen LogP contribution in [0.2, 0.25) is 0 Å². The molecule has 0 bridgehead atoms. The number of thioether (sulfide) groups is 1. The molecule has 2 rings (SSSR count). The second kappa shape index (κ2) is 5.49. The molecule has 0 aromatic heterocycles. The molecule has 1 aliphatic rings. The summed E-state index contributed by atoms with van der Waals surface area (Å²) in [5.41, 5.74) is 0.384. The van der Waals surface area contributed by atoms with Gasteiger partial charge in [-0.1, -0.05) is 38.6 Å². The number of aliphatic imine (C=N–C) groups is 1. The van der Waals surface area contributed by atoms with Crippen molar-refractivity contribution in [3.63, 3.8) is 0 Å². The average Bonchev–Trinajstić information content (AvgIpc) is 2.70. The van der Waals surface area contributed by atoms with Crippen molar-refractivity contribution in [2.24, 2.45) is 10.4 Å². The second-order valence-corrected chi connectivity index (χ2v) is 7.17. The highest BCUT2D eigenvalue weighted by Crippen LogP contribution is 2.32. The predicted molar refractivity (Wildman–Crippen MR) is 77.7 cm³/mol. The fourth-order valence-electron chi connectivity index (χ4n) is 1.99. The summed E-state index contributed by atoms with van der Waals surface area (Å²) < 4.78 is 26.6. The number of rotatable bonds is 2. The number of benzene rings is 1. The topological polar surface area (TPSA) is 24.4 Å². The van der Waals surface area contributed by atoms with Gasteiger partial charge in [0.15, 0.2) is 16.8 Å². The molecule has 1 aromatic carbocycles. The Hall–Kier alpha value is -1.10. The van der Waals surface area contributed by atoms with Crippen LogP contribution in [0.15, 0.2) is 23.2 Å². The minimum atomic E-state index is -0.856. The van der Waals surface area contributed by atoms with Crippen molar-refractivity contribution in [2.75, 3.05) is 11.9 Å². The molecule has 0 amide bonds. The van der Waals surface area contributed by atoms with E-state index in [9.17, 15) is 8.78 Å². The molecule has 1 aromatic rings. The van der Waals surface area contributed by atoms with E-state index in [1.807, 2.05) is 0 Å². The van der Waals surface area contributed by atoms with Gasteiger partial charge >= 0.3 is 0 Å². The maximum atomic E-state index is 13.5. The summed E-state index contributed by atoms with van der Waals surface area (Å²) in [6.07, 6.45) is 1.04. The van der Waals surface area contributed by atoms with Crippen molar-refractivity contribution in [2.45, 2.75) is 32.4 Å². The van der Waals surface area contributed by atoms with Crippen LogP contribution < -0.4 is 5.32 Å². The van der Waals surface area contributed by atoms with E-state index in [-0.39, 0.29) is 11.1 Å². The average molecular weight is 284 g/mol. The van der Waals surface area contributed by atoms with Crippen LogP contribution in [-0.2, 0) is 0 Å². The first kappa shape index (κ1) is 14.3. The molecule has 1 N–H and O–H groups in total. The smallest absolute Gasteiger partial charge is 0.182 e. The molecule has 19 heavy (non-hydrogen) atoms. The SMILES string of the molecule is CC(C)(C)CC1CN=C(Nc2cccc(F)c2F)S1. The molecule has 104 valence electrons. The largest absolute Gasteiger partial charge is 0.332 e. The molecule has 0 radical (unpaired) electrons. The molecule has 0 saturated carbocycles. The van der Waals surface area contributed by atoms with E-state index in [0.29, 0.717) is 10.4 Å². The van der Waals surface area contributed by atoms with Gasteiger partial charge in [0.25, 0.3) is 0 Å². The quantitative estimate of drug-likeness (QED) is 0.876. The molecule has 1 aliphatic heterocycles. The van der Waals surface area contributed by atoms with Crippen LogP contribution in [0.4, 0.5) is 14.5 Å². The lowest BCUT2D eigenvalue weighted by molar-refractivity contribution is 0.375. The first-order valence-corrected chi connectivity index (χ1v) is 7.15. The Kier molecular flexibility index (Phi) is 4.13. The van der Waals surface area contributed by atoms with Crippen molar-refractivity contribution in [3.8, 4) is 0 Å². The van der Waals surface area contributed by atoms with Crippen LogP contribution in [0, 0.1) is 17.0 Å². The van der Waals surface area contributed by atoms with Gasteiger partial charge in [0.2, 0.25) is 0 Å². The molecule has 2 nitrogen and oxygen atoms in total. The molecule has 1 heterocycles. The summed E-state index contributed by atoms with van der Waals surface area (Å²) in [6, 6.07) is 4.10. The van der Waals surface area contributed by atoms with Crippen molar-refractivity contribution >= 4 is 22.6 Å². The molecule has 1 unspecified atom stereocenters. The third kappa shape index (κ3) is 3.93. The van der Waals surface area contributed by atoms with E-state index >= 15 is 0 Å². The molecule has 5 heteroatoms. The minimum Gasteiger partial charge on any atom is -0.332 e. The molecular weight excluding hydrogens is 266 g/mol. The van der Waals surface area contributed by atoms with E-state index in [1.165, 1.54) is 12.1 Å². The van der Waals surface area contributed by atoms with Crippen molar-refractivity contribution in [1.29, 1.82) is 0 Å². The number of nitrogens with zero attached hydrogens (tertiary/aromatic N) is 1. The lowest BCUT2D eigenvalue weighted by atomic mass is 9.90. The fourth-order valence-corrected chi connectivity index (χ4v) is 3.36. The van der Waals surface area contributed by atoms with Crippen LogP contribution in [0.25, 0.3) is 0 Å². The van der Waals surface area contributed by atoms with E-state index in [2.05, 4.69) is 31.1 Å². The number of nitrogens with one attached hydrogen (secondary N) is 1. The molecular formula is C14H18F2N2S. The summed E-state index contributed by atoms with van der Waals surface area (Å²) in [7, 11) is 0. The third-order valence-electron chi connectivity index (χ3n) is 2.75. The number of anilines is 1. The Morgan fingerprint density at radius 1 is 1.37 bits per heavy atom. The van der Waals surface area contributed by atoms with Gasteiger partial charge in [-0.2, -0.15) is 0 Å². The molecule has 0 aliphatic carbocycles. The summed E-state index contributed by atoms with van der Waals surface area (Å²) >= 11 is 1.60. The normalized spacial score (nSPS) is 19.4. The number of amidine groups is 1. The van der Waals surface area contributed by atoms with Gasteiger partial charge in [0.1, 0.15) is 0 Å². The van der Waals surface area contributed by atoms with Gasteiger partial charge in [-0.25, -0.2) is 8.78 Å². The van der Waals surface area contributed by atoms with Gasteiger partial charge in [0.05, 0.1) is 12.2 Å². The lowest BCUT2D eigenvalue weighted by Crippen LogP contribution is -2.16. The summed E-state index contributed by atoms with van der Waals surface area (Å²) in [4.78, 5) is 4.35.